The average molecular weight is 420 g/mol. The number of hydrogen-bond donors (Lipinski definition) is 1. The predicted molar refractivity (Wildman–Crippen MR) is 101 cm³/mol. The molecule has 0 heterocycles. The van der Waals surface area contributed by atoms with Crippen LogP contribution in [0, 0.1) is 5.39 Å². The van der Waals surface area contributed by atoms with Gasteiger partial charge in [-0.15, -0.1) is 0 Å². The molecule has 1 unspecified atom stereocenters. The quantitative estimate of drug-likeness (QED) is 0.455. The summed E-state index contributed by atoms with van der Waals surface area (Å²) in [5.74, 6) is 0.247. The molecule has 7 heteroatoms. The van der Waals surface area contributed by atoms with E-state index in [2.05, 4.69) is 20.9 Å². The van der Waals surface area contributed by atoms with Gasteiger partial charge in [-0.1, -0.05) is 46.3 Å². The summed E-state index contributed by atoms with van der Waals surface area (Å²) in [4.78, 5) is 3.08. The topological polar surface area (TPSA) is 76.1 Å². The number of aliphatic hydroxyl groups is 1. The van der Waals surface area contributed by atoms with E-state index in [1.54, 1.807) is 0 Å². The summed E-state index contributed by atoms with van der Waals surface area (Å²) >= 11 is 3.39. The number of rotatable bonds is 9. The fourth-order valence-electron chi connectivity index (χ4n) is 2.17. The van der Waals surface area contributed by atoms with Crippen LogP contribution < -0.4 is 4.74 Å². The van der Waals surface area contributed by atoms with Gasteiger partial charge in [-0.05, 0) is 29.8 Å². The predicted octanol–water partition coefficient (Wildman–Crippen LogP) is 5.03. The highest BCUT2D eigenvalue weighted by Crippen LogP contribution is 2.18. The molecule has 2 rings (SSSR count). The number of para-hydroxylation sites is 1. The molecule has 0 aliphatic carbocycles. The van der Waals surface area contributed by atoms with Gasteiger partial charge < -0.3 is 19.3 Å². The number of halogens is 1. The van der Waals surface area contributed by atoms with Gasteiger partial charge in [0.05, 0.1) is 20.1 Å². The van der Waals surface area contributed by atoms with E-state index in [0.717, 1.165) is 10.0 Å². The fraction of sp³-hybridized carbons (Fsp3) is 0.263. The minimum absolute atomic E-state index is 0.00929. The first-order valence-electron chi connectivity index (χ1n) is 7.97. The molecule has 1 atom stereocenters. The van der Waals surface area contributed by atoms with E-state index in [-0.39, 0.29) is 18.7 Å². The lowest BCUT2D eigenvalue weighted by molar-refractivity contribution is 0.00827. The number of ether oxygens (including phenoxy) is 3. The van der Waals surface area contributed by atoms with Crippen LogP contribution in [0.15, 0.2) is 70.7 Å². The molecule has 6 nitrogen and oxygen atoms in total. The molecule has 26 heavy (non-hydrogen) atoms. The Morgan fingerprint density at radius 2 is 1.85 bits per heavy atom. The molecule has 0 bridgehead atoms. The van der Waals surface area contributed by atoms with Crippen LogP contribution in [0.25, 0.3) is 4.98 Å². The minimum atomic E-state index is -0.456. The molecule has 0 radical (unpaired) electrons. The molecule has 0 spiro atoms. The Bertz CT molecular complexity index is 757. The van der Waals surface area contributed by atoms with E-state index in [0.29, 0.717) is 12.4 Å². The van der Waals surface area contributed by atoms with Gasteiger partial charge in [-0.2, -0.15) is 0 Å². The van der Waals surface area contributed by atoms with E-state index < -0.39 is 12.0 Å². The second-order valence-corrected chi connectivity index (χ2v) is 6.36. The second-order valence-electron chi connectivity index (χ2n) is 5.44. The Morgan fingerprint density at radius 1 is 1.15 bits per heavy atom. The van der Waals surface area contributed by atoms with Crippen LogP contribution in [0.5, 0.6) is 5.75 Å². The molecule has 0 aliphatic heterocycles. The van der Waals surface area contributed by atoms with Crippen LogP contribution in [0.3, 0.4) is 0 Å². The van der Waals surface area contributed by atoms with Gasteiger partial charge >= 0.3 is 11.6 Å². The molecule has 136 valence electrons. The zero-order valence-corrected chi connectivity index (χ0v) is 15.9. The van der Waals surface area contributed by atoms with Gasteiger partial charge in [0.25, 0.3) is 0 Å². The summed E-state index contributed by atoms with van der Waals surface area (Å²) in [5.41, 5.74) is 0.977. The summed E-state index contributed by atoms with van der Waals surface area (Å²) in [6.45, 7) is 0.569. The van der Waals surface area contributed by atoms with Gasteiger partial charge in [0.2, 0.25) is 5.39 Å². The lowest BCUT2D eigenvalue weighted by atomic mass is 10.2. The van der Waals surface area contributed by atoms with Gasteiger partial charge in [0.15, 0.2) is 4.98 Å². The van der Waals surface area contributed by atoms with E-state index in [1.807, 2.05) is 54.6 Å². The molecule has 0 aromatic heterocycles. The molecular formula is C19H20BrN2O4+. The Hall–Kier alpha value is -2.56. The number of nitrogens with zero attached hydrogens (tertiary/aromatic N) is 2. The third-order valence-electron chi connectivity index (χ3n) is 3.56. The van der Waals surface area contributed by atoms with Crippen LogP contribution in [-0.2, 0) is 16.1 Å². The third-order valence-corrected chi connectivity index (χ3v) is 4.09. The van der Waals surface area contributed by atoms with Crippen molar-refractivity contribution in [1.82, 2.24) is 0 Å². The summed E-state index contributed by atoms with van der Waals surface area (Å²) in [6.07, 6.45) is -0.332. The number of aliphatic hydroxyl groups excluding tert-OH is 1. The fourth-order valence-corrected chi connectivity index (χ4v) is 2.44. The number of methoxy groups -OCH3 is 1. The Labute approximate surface area is 160 Å². The van der Waals surface area contributed by atoms with Crippen molar-refractivity contribution in [3.05, 3.63) is 81.3 Å². The number of diazo groups is 1. The molecule has 0 fully saturated rings. The maximum atomic E-state index is 9.67. The normalized spacial score (nSPS) is 12.7. The molecule has 2 aromatic carbocycles. The highest BCUT2D eigenvalue weighted by atomic mass is 79.9. The standard InChI is InChI=1S/C19H19BrN2O4/c1-24-19(23)18(22-21)11-17(13-26-16-5-3-2-4-6-16)25-12-14-7-9-15(20)10-8-14/h2-10,17H,11-13H2,1H3/p+1/b19-18+. The van der Waals surface area contributed by atoms with Crippen molar-refractivity contribution in [2.24, 2.45) is 0 Å². The summed E-state index contributed by atoms with van der Waals surface area (Å²) < 4.78 is 17.3. The second kappa shape index (κ2) is 10.4. The summed E-state index contributed by atoms with van der Waals surface area (Å²) in [6, 6.07) is 17.1. The molecule has 0 saturated carbocycles. The smallest absolute Gasteiger partial charge is 0.443 e. The monoisotopic (exact) mass is 419 g/mol. The van der Waals surface area contributed by atoms with Crippen molar-refractivity contribution in [1.29, 1.82) is 5.39 Å². The van der Waals surface area contributed by atoms with Crippen molar-refractivity contribution in [2.45, 2.75) is 19.1 Å². The average Bonchev–Trinajstić information content (AvgIpc) is 2.69. The van der Waals surface area contributed by atoms with Gasteiger partial charge in [0.1, 0.15) is 18.5 Å². The third kappa shape index (κ3) is 6.39. The van der Waals surface area contributed by atoms with Crippen LogP contribution in [0.2, 0.25) is 0 Å². The minimum Gasteiger partial charge on any atom is -0.491 e. The number of benzene rings is 2. The first kappa shape index (κ1) is 19.8. The molecule has 0 amide bonds. The van der Waals surface area contributed by atoms with Crippen LogP contribution in [0.4, 0.5) is 0 Å². The first-order chi connectivity index (χ1) is 12.6. The zero-order chi connectivity index (χ0) is 18.8. The van der Waals surface area contributed by atoms with Crippen LogP contribution in [-0.4, -0.2) is 24.9 Å². The van der Waals surface area contributed by atoms with E-state index in [4.69, 9.17) is 19.6 Å². The van der Waals surface area contributed by atoms with Crippen molar-refractivity contribution in [3.8, 4) is 5.75 Å². The first-order valence-corrected chi connectivity index (χ1v) is 8.76. The molecule has 2 aromatic rings. The van der Waals surface area contributed by atoms with Gasteiger partial charge in [-0.3, -0.25) is 0 Å². The van der Waals surface area contributed by atoms with Gasteiger partial charge in [0, 0.05) is 4.47 Å². The molecule has 0 saturated heterocycles. The van der Waals surface area contributed by atoms with E-state index >= 15 is 0 Å². The van der Waals surface area contributed by atoms with Gasteiger partial charge in [-0.25, -0.2) is 0 Å². The largest absolute Gasteiger partial charge is 0.491 e. The Kier molecular flexibility index (Phi) is 7.93. The SMILES string of the molecule is CO/C(O)=C(\CC(COc1ccccc1)OCc1ccc(Br)cc1)[N+]#N. The highest BCUT2D eigenvalue weighted by molar-refractivity contribution is 9.10. The lowest BCUT2D eigenvalue weighted by Crippen LogP contribution is -2.22. The molecule has 0 aliphatic rings. The van der Waals surface area contributed by atoms with E-state index in [9.17, 15) is 5.11 Å². The molecule has 1 N–H and O–H groups in total. The Morgan fingerprint density at radius 3 is 2.46 bits per heavy atom. The highest BCUT2D eigenvalue weighted by Gasteiger charge is 2.27. The number of hydrogen-bond acceptors (Lipinski definition) is 5. The summed E-state index contributed by atoms with van der Waals surface area (Å²) in [5, 5.41) is 18.8. The van der Waals surface area contributed by atoms with Crippen LogP contribution >= 0.6 is 15.9 Å². The van der Waals surface area contributed by atoms with Crippen molar-refractivity contribution in [2.75, 3.05) is 13.7 Å². The van der Waals surface area contributed by atoms with Crippen LogP contribution in [0.1, 0.15) is 12.0 Å². The maximum absolute atomic E-state index is 9.67. The van der Waals surface area contributed by atoms with Crippen molar-refractivity contribution in [3.63, 3.8) is 0 Å². The zero-order valence-electron chi connectivity index (χ0n) is 14.3. The van der Waals surface area contributed by atoms with Crippen molar-refractivity contribution < 1.29 is 19.3 Å². The Balaban J connectivity index is 2.04. The lowest BCUT2D eigenvalue weighted by Gasteiger charge is -2.16. The summed E-state index contributed by atoms with van der Waals surface area (Å²) in [7, 11) is 1.29. The molecular weight excluding hydrogens is 400 g/mol. The maximum Gasteiger partial charge on any atom is 0.443 e. The van der Waals surface area contributed by atoms with E-state index in [1.165, 1.54) is 7.11 Å². The van der Waals surface area contributed by atoms with Crippen molar-refractivity contribution >= 4 is 15.9 Å².